The molecule has 0 bridgehead atoms. The molecule has 0 saturated heterocycles. The van der Waals surface area contributed by atoms with Crippen molar-refractivity contribution in [1.29, 1.82) is 5.26 Å². The number of sulfonamides is 1. The molecular formula is C14H26N2O2S. The summed E-state index contributed by atoms with van der Waals surface area (Å²) in [5.74, 6) is 0.473. The van der Waals surface area contributed by atoms with Crippen molar-refractivity contribution in [3.05, 3.63) is 0 Å². The van der Waals surface area contributed by atoms with Gasteiger partial charge >= 0.3 is 0 Å². The summed E-state index contributed by atoms with van der Waals surface area (Å²) < 4.78 is 26.9. The number of hydrogen-bond donors (Lipinski definition) is 1. The molecule has 1 rings (SSSR count). The van der Waals surface area contributed by atoms with Gasteiger partial charge in [-0.15, -0.1) is 0 Å². The quantitative estimate of drug-likeness (QED) is 0.844. The minimum absolute atomic E-state index is 0.119. The average molecular weight is 286 g/mol. The van der Waals surface area contributed by atoms with Crippen molar-refractivity contribution in [3.8, 4) is 6.07 Å². The second-order valence-corrected chi connectivity index (χ2v) is 7.91. The summed E-state index contributed by atoms with van der Waals surface area (Å²) in [7, 11) is -3.35. The monoisotopic (exact) mass is 286 g/mol. The van der Waals surface area contributed by atoms with Gasteiger partial charge in [-0.2, -0.15) is 9.98 Å². The van der Waals surface area contributed by atoms with Crippen LogP contribution in [0.5, 0.6) is 0 Å². The number of nitriles is 1. The van der Waals surface area contributed by atoms with Gasteiger partial charge in [0.1, 0.15) is 5.54 Å². The Kier molecular flexibility index (Phi) is 6.28. The van der Waals surface area contributed by atoms with E-state index < -0.39 is 15.6 Å². The third kappa shape index (κ3) is 5.92. The smallest absolute Gasteiger partial charge is 0.212 e. The molecule has 1 saturated carbocycles. The summed E-state index contributed by atoms with van der Waals surface area (Å²) in [5.41, 5.74) is -0.865. The fourth-order valence-electron chi connectivity index (χ4n) is 2.49. The van der Waals surface area contributed by atoms with Crippen LogP contribution in [0.4, 0.5) is 0 Å². The summed E-state index contributed by atoms with van der Waals surface area (Å²) in [6.45, 7) is 4.01. The summed E-state index contributed by atoms with van der Waals surface area (Å²) in [4.78, 5) is 0. The molecule has 1 fully saturated rings. The maximum atomic E-state index is 12.1. The van der Waals surface area contributed by atoms with Crippen molar-refractivity contribution in [3.63, 3.8) is 0 Å². The zero-order valence-electron chi connectivity index (χ0n) is 12.1. The second kappa shape index (κ2) is 7.25. The van der Waals surface area contributed by atoms with Crippen LogP contribution in [0.25, 0.3) is 0 Å². The summed E-state index contributed by atoms with van der Waals surface area (Å²) in [6.07, 6.45) is 7.17. The Hall–Kier alpha value is -0.600. The minimum atomic E-state index is -3.35. The van der Waals surface area contributed by atoms with Crippen molar-refractivity contribution in [2.45, 2.75) is 70.8 Å². The molecule has 1 aliphatic rings. The van der Waals surface area contributed by atoms with Gasteiger partial charge in [-0.3, -0.25) is 0 Å². The van der Waals surface area contributed by atoms with E-state index in [0.29, 0.717) is 25.2 Å². The number of nitrogens with one attached hydrogen (secondary N) is 1. The van der Waals surface area contributed by atoms with Crippen molar-refractivity contribution < 1.29 is 8.42 Å². The summed E-state index contributed by atoms with van der Waals surface area (Å²) >= 11 is 0. The van der Waals surface area contributed by atoms with Gasteiger partial charge in [-0.1, -0.05) is 46.0 Å². The predicted molar refractivity (Wildman–Crippen MR) is 77.0 cm³/mol. The van der Waals surface area contributed by atoms with E-state index in [2.05, 4.69) is 10.8 Å². The van der Waals surface area contributed by atoms with Gasteiger partial charge in [0.2, 0.25) is 10.0 Å². The second-order valence-electron chi connectivity index (χ2n) is 6.07. The first-order chi connectivity index (χ1) is 8.89. The van der Waals surface area contributed by atoms with Crippen LogP contribution in [0.2, 0.25) is 0 Å². The average Bonchev–Trinajstić information content (AvgIpc) is 2.30. The Bertz CT molecular complexity index is 402. The van der Waals surface area contributed by atoms with Crippen molar-refractivity contribution >= 4 is 10.0 Å². The van der Waals surface area contributed by atoms with Crippen LogP contribution in [-0.2, 0) is 10.0 Å². The molecule has 1 N–H and O–H groups in total. The van der Waals surface area contributed by atoms with Crippen LogP contribution in [0.1, 0.15) is 65.2 Å². The van der Waals surface area contributed by atoms with Gasteiger partial charge in [0, 0.05) is 0 Å². The molecule has 0 aromatic carbocycles. The Morgan fingerprint density at radius 2 is 1.68 bits per heavy atom. The van der Waals surface area contributed by atoms with E-state index in [1.54, 1.807) is 0 Å². The lowest BCUT2D eigenvalue weighted by Gasteiger charge is -2.29. The van der Waals surface area contributed by atoms with Gasteiger partial charge in [0.25, 0.3) is 0 Å². The fourth-order valence-corrected chi connectivity index (χ4v) is 4.21. The van der Waals surface area contributed by atoms with E-state index in [1.807, 2.05) is 13.8 Å². The first-order valence-corrected chi connectivity index (χ1v) is 8.97. The highest BCUT2D eigenvalue weighted by Gasteiger charge is 2.34. The molecule has 0 aromatic heterocycles. The zero-order valence-corrected chi connectivity index (χ0v) is 12.9. The number of nitrogens with zero attached hydrogens (tertiary/aromatic N) is 1. The maximum Gasteiger partial charge on any atom is 0.212 e. The zero-order chi connectivity index (χ0) is 14.4. The van der Waals surface area contributed by atoms with Crippen LogP contribution in [0, 0.1) is 17.2 Å². The summed E-state index contributed by atoms with van der Waals surface area (Å²) in [6, 6.07) is 2.24. The van der Waals surface area contributed by atoms with E-state index in [0.717, 1.165) is 25.7 Å². The molecule has 0 aromatic rings. The van der Waals surface area contributed by atoms with E-state index in [1.165, 1.54) is 6.42 Å². The molecule has 5 heteroatoms. The summed E-state index contributed by atoms with van der Waals surface area (Å²) in [5, 5.41) is 9.42. The van der Waals surface area contributed by atoms with Gasteiger partial charge < -0.3 is 0 Å². The topological polar surface area (TPSA) is 70.0 Å². The SMILES string of the molecule is CC(C)CCS(=O)(=O)NC1(C#N)CCCCCCC1. The molecule has 1 aliphatic carbocycles. The normalized spacial score (nSPS) is 20.5. The molecule has 0 atom stereocenters. The van der Waals surface area contributed by atoms with Crippen LogP contribution < -0.4 is 4.72 Å². The van der Waals surface area contributed by atoms with Crippen LogP contribution in [0.3, 0.4) is 0 Å². The first-order valence-electron chi connectivity index (χ1n) is 7.32. The lowest BCUT2D eigenvalue weighted by atomic mass is 9.86. The highest BCUT2D eigenvalue weighted by atomic mass is 32.2. The Morgan fingerprint density at radius 3 is 2.16 bits per heavy atom. The first kappa shape index (κ1) is 16.5. The van der Waals surface area contributed by atoms with E-state index >= 15 is 0 Å². The third-order valence-electron chi connectivity index (χ3n) is 3.74. The van der Waals surface area contributed by atoms with E-state index in [4.69, 9.17) is 0 Å². The lowest BCUT2D eigenvalue weighted by molar-refractivity contribution is 0.356. The molecule has 0 amide bonds. The molecule has 110 valence electrons. The maximum absolute atomic E-state index is 12.1. The molecular weight excluding hydrogens is 260 g/mol. The molecule has 4 nitrogen and oxygen atoms in total. The third-order valence-corrected chi connectivity index (χ3v) is 5.21. The Morgan fingerprint density at radius 1 is 1.16 bits per heavy atom. The number of rotatable bonds is 5. The van der Waals surface area contributed by atoms with Gasteiger partial charge in [0.05, 0.1) is 11.8 Å². The highest BCUT2D eigenvalue weighted by Crippen LogP contribution is 2.26. The van der Waals surface area contributed by atoms with E-state index in [-0.39, 0.29) is 5.75 Å². The predicted octanol–water partition coefficient (Wildman–Crippen LogP) is 2.96. The molecule has 0 aliphatic heterocycles. The largest absolute Gasteiger partial charge is 0.212 e. The van der Waals surface area contributed by atoms with Crippen molar-refractivity contribution in [2.75, 3.05) is 5.75 Å². The molecule has 19 heavy (non-hydrogen) atoms. The van der Waals surface area contributed by atoms with Gasteiger partial charge in [-0.05, 0) is 25.2 Å². The molecule has 0 spiro atoms. The van der Waals surface area contributed by atoms with Crippen molar-refractivity contribution in [1.82, 2.24) is 4.72 Å². The molecule has 0 heterocycles. The van der Waals surface area contributed by atoms with Crippen LogP contribution in [0.15, 0.2) is 0 Å². The van der Waals surface area contributed by atoms with Crippen LogP contribution >= 0.6 is 0 Å². The Balaban J connectivity index is 2.70. The van der Waals surface area contributed by atoms with Gasteiger partial charge in [0.15, 0.2) is 0 Å². The van der Waals surface area contributed by atoms with E-state index in [9.17, 15) is 13.7 Å². The standard InChI is InChI=1S/C14H26N2O2S/c1-13(2)8-11-19(17,18)16-14(12-15)9-6-4-3-5-7-10-14/h13,16H,3-11H2,1-2H3. The number of hydrogen-bond acceptors (Lipinski definition) is 3. The lowest BCUT2D eigenvalue weighted by Crippen LogP contribution is -2.48. The van der Waals surface area contributed by atoms with Crippen LogP contribution in [-0.4, -0.2) is 19.7 Å². The van der Waals surface area contributed by atoms with Crippen molar-refractivity contribution in [2.24, 2.45) is 5.92 Å². The minimum Gasteiger partial charge on any atom is -0.212 e. The van der Waals surface area contributed by atoms with Gasteiger partial charge in [-0.25, -0.2) is 8.42 Å². The molecule has 0 radical (unpaired) electrons. The fraction of sp³-hybridized carbons (Fsp3) is 0.929. The Labute approximate surface area is 117 Å². The highest BCUT2D eigenvalue weighted by molar-refractivity contribution is 7.89. The molecule has 0 unspecified atom stereocenters.